The molecule has 1 unspecified atom stereocenters. The molecule has 1 saturated heterocycles. The SMILES string of the molecule is COCCN(C[C@@H]1CCCN(C2Cc3ccccc3N2)C1)C(=O)c1ccc2ccccc2c1. The van der Waals surface area contributed by atoms with Crippen molar-refractivity contribution in [3.8, 4) is 0 Å². The Bertz CT molecular complexity index is 1090. The first kappa shape index (κ1) is 21.9. The van der Waals surface area contributed by atoms with Crippen LogP contribution < -0.4 is 5.32 Å². The topological polar surface area (TPSA) is 44.8 Å². The van der Waals surface area contributed by atoms with Crippen LogP contribution in [0.5, 0.6) is 0 Å². The molecule has 0 spiro atoms. The van der Waals surface area contributed by atoms with Gasteiger partial charge in [0.05, 0.1) is 12.8 Å². The van der Waals surface area contributed by atoms with Crippen molar-refractivity contribution < 1.29 is 9.53 Å². The Morgan fingerprint density at radius 1 is 1.09 bits per heavy atom. The maximum Gasteiger partial charge on any atom is 0.253 e. The van der Waals surface area contributed by atoms with Crippen LogP contribution in [-0.2, 0) is 11.2 Å². The number of benzene rings is 3. The van der Waals surface area contributed by atoms with E-state index in [1.165, 1.54) is 17.7 Å². The summed E-state index contributed by atoms with van der Waals surface area (Å²) >= 11 is 0. The van der Waals surface area contributed by atoms with E-state index in [-0.39, 0.29) is 5.91 Å². The number of amides is 1. The van der Waals surface area contributed by atoms with Gasteiger partial charge in [0.25, 0.3) is 5.91 Å². The number of nitrogens with zero attached hydrogens (tertiary/aromatic N) is 2. The van der Waals surface area contributed by atoms with Gasteiger partial charge in [-0.3, -0.25) is 9.69 Å². The molecule has 0 aromatic heterocycles. The molecule has 2 atom stereocenters. The highest BCUT2D eigenvalue weighted by atomic mass is 16.5. The third-order valence-corrected chi connectivity index (χ3v) is 7.07. The molecule has 2 aliphatic heterocycles. The molecule has 0 aliphatic carbocycles. The van der Waals surface area contributed by atoms with Crippen molar-refractivity contribution in [3.05, 3.63) is 77.9 Å². The maximum atomic E-state index is 13.5. The molecule has 3 aromatic rings. The summed E-state index contributed by atoms with van der Waals surface area (Å²) in [7, 11) is 1.70. The summed E-state index contributed by atoms with van der Waals surface area (Å²) in [4.78, 5) is 18.1. The fraction of sp³-hybridized carbons (Fsp3) is 0.393. The lowest BCUT2D eigenvalue weighted by atomic mass is 9.96. The number of likely N-dealkylation sites (tertiary alicyclic amines) is 1. The molecule has 2 heterocycles. The van der Waals surface area contributed by atoms with Crippen LogP contribution in [-0.4, -0.2) is 61.8 Å². The molecule has 172 valence electrons. The Morgan fingerprint density at radius 2 is 1.91 bits per heavy atom. The molecule has 1 amide bonds. The van der Waals surface area contributed by atoms with Crippen molar-refractivity contribution in [1.29, 1.82) is 0 Å². The number of rotatable bonds is 7. The second kappa shape index (κ2) is 9.94. The maximum absolute atomic E-state index is 13.5. The van der Waals surface area contributed by atoms with E-state index in [4.69, 9.17) is 4.74 Å². The normalized spacial score (nSPS) is 20.4. The van der Waals surface area contributed by atoms with Gasteiger partial charge in [0.1, 0.15) is 0 Å². The molecule has 1 N–H and O–H groups in total. The number of para-hydroxylation sites is 1. The molecule has 5 rings (SSSR count). The van der Waals surface area contributed by atoms with E-state index in [1.54, 1.807) is 7.11 Å². The minimum absolute atomic E-state index is 0.0984. The first-order valence-electron chi connectivity index (χ1n) is 12.1. The summed E-state index contributed by atoms with van der Waals surface area (Å²) < 4.78 is 5.34. The average Bonchev–Trinajstić information content (AvgIpc) is 3.30. The van der Waals surface area contributed by atoms with Crippen LogP contribution in [0.15, 0.2) is 66.7 Å². The first-order chi connectivity index (χ1) is 16.2. The number of hydrogen-bond donors (Lipinski definition) is 1. The van der Waals surface area contributed by atoms with E-state index >= 15 is 0 Å². The van der Waals surface area contributed by atoms with Crippen LogP contribution in [0.3, 0.4) is 0 Å². The summed E-state index contributed by atoms with van der Waals surface area (Å²) in [6.07, 6.45) is 3.73. The van der Waals surface area contributed by atoms with E-state index in [0.717, 1.165) is 48.8 Å². The molecule has 0 bridgehead atoms. The summed E-state index contributed by atoms with van der Waals surface area (Å²) in [6, 6.07) is 22.8. The standard InChI is InChI=1S/C28H33N3O2/c1-33-16-15-31(28(32)25-13-12-22-8-2-3-9-23(22)17-25)20-21-7-6-14-30(19-21)27-18-24-10-4-5-11-26(24)29-27/h2-5,8-13,17,21,27,29H,6-7,14-16,18-20H2,1H3/t21-,27?/m1/s1. The van der Waals surface area contributed by atoms with E-state index in [9.17, 15) is 4.79 Å². The van der Waals surface area contributed by atoms with Gasteiger partial charge in [0, 0.05) is 51.0 Å². The Kier molecular flexibility index (Phi) is 6.60. The monoisotopic (exact) mass is 443 g/mol. The quantitative estimate of drug-likeness (QED) is 0.578. The summed E-state index contributed by atoms with van der Waals surface area (Å²) in [6.45, 7) is 4.06. The highest BCUT2D eigenvalue weighted by molar-refractivity contribution is 5.98. The minimum atomic E-state index is 0.0984. The van der Waals surface area contributed by atoms with Crippen molar-refractivity contribution in [2.24, 2.45) is 5.92 Å². The fourth-order valence-corrected chi connectivity index (χ4v) is 5.32. The lowest BCUT2D eigenvalue weighted by molar-refractivity contribution is 0.0585. The van der Waals surface area contributed by atoms with Crippen LogP contribution in [0.2, 0.25) is 0 Å². The number of carbonyl (C=O) groups excluding carboxylic acids is 1. The van der Waals surface area contributed by atoms with Crippen molar-refractivity contribution in [1.82, 2.24) is 9.80 Å². The molecule has 0 radical (unpaired) electrons. The number of carbonyl (C=O) groups is 1. The highest BCUT2D eigenvalue weighted by Gasteiger charge is 2.31. The largest absolute Gasteiger partial charge is 0.383 e. The van der Waals surface area contributed by atoms with Gasteiger partial charge in [-0.05, 0) is 53.3 Å². The lowest BCUT2D eigenvalue weighted by Gasteiger charge is -2.38. The second-order valence-corrected chi connectivity index (χ2v) is 9.33. The third kappa shape index (κ3) is 4.90. The predicted molar refractivity (Wildman–Crippen MR) is 134 cm³/mol. The highest BCUT2D eigenvalue weighted by Crippen LogP contribution is 2.30. The van der Waals surface area contributed by atoms with Crippen LogP contribution >= 0.6 is 0 Å². The Morgan fingerprint density at radius 3 is 2.76 bits per heavy atom. The third-order valence-electron chi connectivity index (χ3n) is 7.07. The molecule has 5 heteroatoms. The van der Waals surface area contributed by atoms with Crippen molar-refractivity contribution in [2.75, 3.05) is 45.2 Å². The molecular formula is C28H33N3O2. The predicted octanol–water partition coefficient (Wildman–Crippen LogP) is 4.63. The smallest absolute Gasteiger partial charge is 0.253 e. The van der Waals surface area contributed by atoms with Crippen molar-refractivity contribution >= 4 is 22.4 Å². The number of methoxy groups -OCH3 is 1. The van der Waals surface area contributed by atoms with Crippen LogP contribution in [0.1, 0.15) is 28.8 Å². The zero-order valence-corrected chi connectivity index (χ0v) is 19.4. The van der Waals surface area contributed by atoms with Crippen molar-refractivity contribution in [2.45, 2.75) is 25.4 Å². The number of ether oxygens (including phenoxy) is 1. The van der Waals surface area contributed by atoms with Gasteiger partial charge in [0.15, 0.2) is 0 Å². The van der Waals surface area contributed by atoms with E-state index in [2.05, 4.69) is 46.6 Å². The van der Waals surface area contributed by atoms with Gasteiger partial charge in [-0.1, -0.05) is 48.5 Å². The summed E-state index contributed by atoms with van der Waals surface area (Å²) in [5.41, 5.74) is 3.42. The number of fused-ring (bicyclic) bond motifs is 2. The van der Waals surface area contributed by atoms with Gasteiger partial charge in [0.2, 0.25) is 0 Å². The zero-order valence-electron chi connectivity index (χ0n) is 19.4. The molecule has 33 heavy (non-hydrogen) atoms. The number of nitrogens with one attached hydrogen (secondary N) is 1. The first-order valence-corrected chi connectivity index (χ1v) is 12.1. The van der Waals surface area contributed by atoms with Crippen LogP contribution in [0, 0.1) is 5.92 Å². The molecule has 5 nitrogen and oxygen atoms in total. The summed E-state index contributed by atoms with van der Waals surface area (Å²) in [5.74, 6) is 0.562. The fourth-order valence-electron chi connectivity index (χ4n) is 5.32. The zero-order chi connectivity index (χ0) is 22.6. The van der Waals surface area contributed by atoms with Crippen LogP contribution in [0.4, 0.5) is 5.69 Å². The number of anilines is 1. The van der Waals surface area contributed by atoms with Crippen LogP contribution in [0.25, 0.3) is 10.8 Å². The van der Waals surface area contributed by atoms with E-state index in [1.807, 2.05) is 35.2 Å². The lowest BCUT2D eigenvalue weighted by Crippen LogP contribution is -2.49. The Hall–Kier alpha value is -2.89. The molecule has 1 fully saturated rings. The van der Waals surface area contributed by atoms with Gasteiger partial charge in [-0.25, -0.2) is 0 Å². The number of hydrogen-bond acceptors (Lipinski definition) is 4. The summed E-state index contributed by atoms with van der Waals surface area (Å²) in [5, 5.41) is 5.96. The van der Waals surface area contributed by atoms with Gasteiger partial charge in [-0.15, -0.1) is 0 Å². The Balaban J connectivity index is 1.27. The molecule has 0 saturated carbocycles. The molecular weight excluding hydrogens is 410 g/mol. The second-order valence-electron chi connectivity index (χ2n) is 9.33. The molecule has 3 aromatic carbocycles. The van der Waals surface area contributed by atoms with Gasteiger partial charge >= 0.3 is 0 Å². The minimum Gasteiger partial charge on any atom is -0.383 e. The van der Waals surface area contributed by atoms with Crippen molar-refractivity contribution in [3.63, 3.8) is 0 Å². The van der Waals surface area contributed by atoms with E-state index < -0.39 is 0 Å². The Labute approximate surface area is 196 Å². The average molecular weight is 444 g/mol. The van der Waals surface area contributed by atoms with Gasteiger partial charge < -0.3 is 15.0 Å². The van der Waals surface area contributed by atoms with E-state index in [0.29, 0.717) is 25.2 Å². The number of piperidine rings is 1. The molecule has 2 aliphatic rings. The van der Waals surface area contributed by atoms with Gasteiger partial charge in [-0.2, -0.15) is 0 Å².